The van der Waals surface area contributed by atoms with Crippen molar-refractivity contribution in [3.8, 4) is 0 Å². The summed E-state index contributed by atoms with van der Waals surface area (Å²) in [6.45, 7) is 0. The highest BCUT2D eigenvalue weighted by Crippen LogP contribution is 2.16. The fourth-order valence-corrected chi connectivity index (χ4v) is 1.48. The van der Waals surface area contributed by atoms with Gasteiger partial charge in [-0.1, -0.05) is 0 Å². The summed E-state index contributed by atoms with van der Waals surface area (Å²) in [5.74, 6) is -7.08. The van der Waals surface area contributed by atoms with E-state index in [4.69, 9.17) is 5.11 Å². The molecule has 0 unspecified atom stereocenters. The van der Waals surface area contributed by atoms with Gasteiger partial charge in [-0.15, -0.1) is 0 Å². The molecule has 1 heterocycles. The van der Waals surface area contributed by atoms with Crippen LogP contribution in [-0.4, -0.2) is 22.0 Å². The minimum Gasteiger partial charge on any atom is -0.478 e. The SMILES string of the molecule is O=C(O)c1ccc(NC(=O)c2ccc(F)c(F)c2F)nc1. The molecule has 2 N–H and O–H groups in total. The molecule has 0 aliphatic carbocycles. The van der Waals surface area contributed by atoms with Crippen molar-refractivity contribution in [1.82, 2.24) is 4.98 Å². The van der Waals surface area contributed by atoms with Gasteiger partial charge in [0.2, 0.25) is 0 Å². The Morgan fingerprint density at radius 1 is 1.05 bits per heavy atom. The number of hydrogen-bond acceptors (Lipinski definition) is 3. The molecule has 0 atom stereocenters. The summed E-state index contributed by atoms with van der Waals surface area (Å²) in [5.41, 5.74) is -0.801. The third-order valence-corrected chi connectivity index (χ3v) is 2.53. The molecule has 2 rings (SSSR count). The standard InChI is InChI=1S/C13H7F3N2O3/c14-8-3-2-7(10(15)11(8)16)12(19)18-9-4-1-6(5-17-9)13(20)21/h1-5H,(H,20,21)(H,17,18,19). The number of benzene rings is 1. The van der Waals surface area contributed by atoms with Gasteiger partial charge in [-0.2, -0.15) is 0 Å². The van der Waals surface area contributed by atoms with Crippen LogP contribution in [0.4, 0.5) is 19.0 Å². The molecule has 108 valence electrons. The van der Waals surface area contributed by atoms with Crippen LogP contribution < -0.4 is 5.32 Å². The first-order chi connectivity index (χ1) is 9.90. The maximum atomic E-state index is 13.4. The lowest BCUT2D eigenvalue weighted by molar-refractivity contribution is 0.0696. The maximum Gasteiger partial charge on any atom is 0.337 e. The Kier molecular flexibility index (Phi) is 3.88. The summed E-state index contributed by atoms with van der Waals surface area (Å²) in [7, 11) is 0. The molecule has 21 heavy (non-hydrogen) atoms. The number of aromatic nitrogens is 1. The lowest BCUT2D eigenvalue weighted by Gasteiger charge is -2.06. The second kappa shape index (κ2) is 5.61. The number of pyridine rings is 1. The molecule has 1 amide bonds. The Labute approximate surface area is 116 Å². The monoisotopic (exact) mass is 296 g/mol. The fourth-order valence-electron chi connectivity index (χ4n) is 1.48. The zero-order valence-electron chi connectivity index (χ0n) is 10.2. The van der Waals surface area contributed by atoms with Crippen molar-refractivity contribution >= 4 is 17.7 Å². The van der Waals surface area contributed by atoms with E-state index in [0.29, 0.717) is 6.07 Å². The van der Waals surface area contributed by atoms with Crippen LogP contribution in [0.2, 0.25) is 0 Å². The smallest absolute Gasteiger partial charge is 0.337 e. The summed E-state index contributed by atoms with van der Waals surface area (Å²) >= 11 is 0. The Morgan fingerprint density at radius 3 is 2.33 bits per heavy atom. The third-order valence-electron chi connectivity index (χ3n) is 2.53. The van der Waals surface area contributed by atoms with Crippen LogP contribution in [0, 0.1) is 17.5 Å². The number of carbonyl (C=O) groups excluding carboxylic acids is 1. The number of halogens is 3. The predicted molar refractivity (Wildman–Crippen MR) is 65.5 cm³/mol. The van der Waals surface area contributed by atoms with Crippen LogP contribution in [0.1, 0.15) is 20.7 Å². The van der Waals surface area contributed by atoms with Crippen molar-refractivity contribution in [2.24, 2.45) is 0 Å². The van der Waals surface area contributed by atoms with Crippen LogP contribution in [0.5, 0.6) is 0 Å². The van der Waals surface area contributed by atoms with E-state index < -0.39 is 34.9 Å². The van der Waals surface area contributed by atoms with Gasteiger partial charge in [0, 0.05) is 6.20 Å². The fraction of sp³-hybridized carbons (Fsp3) is 0. The van der Waals surface area contributed by atoms with E-state index in [1.807, 2.05) is 0 Å². The Bertz CT molecular complexity index is 717. The second-order valence-corrected chi connectivity index (χ2v) is 3.91. The van der Waals surface area contributed by atoms with Crippen LogP contribution in [0.15, 0.2) is 30.5 Å². The number of hydrogen-bond donors (Lipinski definition) is 2. The maximum absolute atomic E-state index is 13.4. The highest BCUT2D eigenvalue weighted by molar-refractivity contribution is 6.04. The topological polar surface area (TPSA) is 79.3 Å². The molecule has 5 nitrogen and oxygen atoms in total. The molecule has 0 saturated carbocycles. The van der Waals surface area contributed by atoms with Crippen molar-refractivity contribution in [2.45, 2.75) is 0 Å². The number of nitrogens with zero attached hydrogens (tertiary/aromatic N) is 1. The van der Waals surface area contributed by atoms with Crippen molar-refractivity contribution in [3.63, 3.8) is 0 Å². The van der Waals surface area contributed by atoms with E-state index >= 15 is 0 Å². The predicted octanol–water partition coefficient (Wildman–Crippen LogP) is 2.45. The summed E-state index contributed by atoms with van der Waals surface area (Å²) in [4.78, 5) is 26.0. The Morgan fingerprint density at radius 2 is 1.76 bits per heavy atom. The summed E-state index contributed by atoms with van der Waals surface area (Å²) < 4.78 is 39.2. The number of carboxylic acid groups (broad SMARTS) is 1. The van der Waals surface area contributed by atoms with Gasteiger partial charge in [-0.3, -0.25) is 4.79 Å². The molecule has 0 saturated heterocycles. The zero-order chi connectivity index (χ0) is 15.6. The molecule has 0 radical (unpaired) electrons. The third kappa shape index (κ3) is 2.99. The zero-order valence-corrected chi connectivity index (χ0v) is 10.2. The van der Waals surface area contributed by atoms with E-state index in [0.717, 1.165) is 12.3 Å². The van der Waals surface area contributed by atoms with Crippen molar-refractivity contribution in [2.75, 3.05) is 5.32 Å². The normalized spacial score (nSPS) is 10.2. The quantitative estimate of drug-likeness (QED) is 0.853. The Balaban J connectivity index is 2.22. The molecule has 0 aliphatic heterocycles. The van der Waals surface area contributed by atoms with Crippen LogP contribution in [0.25, 0.3) is 0 Å². The van der Waals surface area contributed by atoms with Crippen LogP contribution in [-0.2, 0) is 0 Å². The van der Waals surface area contributed by atoms with Crippen LogP contribution >= 0.6 is 0 Å². The van der Waals surface area contributed by atoms with Gasteiger partial charge in [-0.25, -0.2) is 22.9 Å². The number of aromatic carboxylic acids is 1. The van der Waals surface area contributed by atoms with Gasteiger partial charge < -0.3 is 10.4 Å². The second-order valence-electron chi connectivity index (χ2n) is 3.91. The van der Waals surface area contributed by atoms with Gasteiger partial charge in [0.05, 0.1) is 11.1 Å². The molecule has 8 heteroatoms. The van der Waals surface area contributed by atoms with Crippen molar-refractivity contribution in [3.05, 3.63) is 59.0 Å². The minimum absolute atomic E-state index is 0.0610. The highest BCUT2D eigenvalue weighted by atomic mass is 19.2. The molecule has 2 aromatic rings. The molecule has 0 fully saturated rings. The van der Waals surface area contributed by atoms with Crippen molar-refractivity contribution in [1.29, 1.82) is 0 Å². The van der Waals surface area contributed by atoms with E-state index in [9.17, 15) is 22.8 Å². The molecule has 0 spiro atoms. The first-order valence-corrected chi connectivity index (χ1v) is 5.54. The molecule has 1 aromatic heterocycles. The molecular formula is C13H7F3N2O3. The van der Waals surface area contributed by atoms with E-state index in [1.54, 1.807) is 0 Å². The van der Waals surface area contributed by atoms with Gasteiger partial charge in [-0.05, 0) is 24.3 Å². The number of amides is 1. The molecule has 1 aromatic carbocycles. The van der Waals surface area contributed by atoms with E-state index in [-0.39, 0.29) is 11.4 Å². The molecule has 0 aliphatic rings. The minimum atomic E-state index is -1.75. The van der Waals surface area contributed by atoms with Gasteiger partial charge in [0.15, 0.2) is 17.5 Å². The van der Waals surface area contributed by atoms with Crippen molar-refractivity contribution < 1.29 is 27.9 Å². The number of carbonyl (C=O) groups is 2. The summed E-state index contributed by atoms with van der Waals surface area (Å²) in [5, 5.41) is 10.8. The molecule has 0 bridgehead atoms. The highest BCUT2D eigenvalue weighted by Gasteiger charge is 2.19. The largest absolute Gasteiger partial charge is 0.478 e. The van der Waals surface area contributed by atoms with E-state index in [1.165, 1.54) is 12.1 Å². The number of rotatable bonds is 3. The van der Waals surface area contributed by atoms with E-state index in [2.05, 4.69) is 10.3 Å². The van der Waals surface area contributed by atoms with Crippen LogP contribution in [0.3, 0.4) is 0 Å². The lowest BCUT2D eigenvalue weighted by atomic mass is 10.2. The summed E-state index contributed by atoms with van der Waals surface area (Å²) in [6, 6.07) is 3.76. The van der Waals surface area contributed by atoms with Gasteiger partial charge in [0.25, 0.3) is 5.91 Å². The average molecular weight is 296 g/mol. The number of carboxylic acids is 1. The summed E-state index contributed by atoms with van der Waals surface area (Å²) in [6.07, 6.45) is 0.986. The lowest BCUT2D eigenvalue weighted by Crippen LogP contribution is -2.16. The molecular weight excluding hydrogens is 289 g/mol. The van der Waals surface area contributed by atoms with Gasteiger partial charge >= 0.3 is 5.97 Å². The first-order valence-electron chi connectivity index (χ1n) is 5.54. The first kappa shape index (κ1) is 14.5. The number of anilines is 1. The van der Waals surface area contributed by atoms with Gasteiger partial charge in [0.1, 0.15) is 5.82 Å². The number of nitrogens with one attached hydrogen (secondary N) is 1. The average Bonchev–Trinajstić information content (AvgIpc) is 2.45. The Hall–Kier alpha value is -2.90.